The van der Waals surface area contributed by atoms with Crippen LogP contribution in [0.1, 0.15) is 17.3 Å². The summed E-state index contributed by atoms with van der Waals surface area (Å²) in [6.45, 7) is 1.34. The van der Waals surface area contributed by atoms with Gasteiger partial charge in [0.2, 0.25) is 0 Å². The van der Waals surface area contributed by atoms with Crippen LogP contribution in [-0.2, 0) is 0 Å². The van der Waals surface area contributed by atoms with Crippen LogP contribution in [0.4, 0.5) is 13.2 Å². The number of carbonyl (C=O) groups is 1. The number of benzene rings is 1. The number of Topliss-reactive ketones (excluding diaryl/α,β-unsaturated/α-hetero) is 1. The van der Waals surface area contributed by atoms with E-state index in [2.05, 4.69) is 0 Å². The van der Waals surface area contributed by atoms with Crippen molar-refractivity contribution in [3.63, 3.8) is 0 Å². The first-order valence-corrected chi connectivity index (χ1v) is 3.88. The van der Waals surface area contributed by atoms with Gasteiger partial charge in [0.15, 0.2) is 23.2 Å². The van der Waals surface area contributed by atoms with Crippen molar-refractivity contribution >= 4 is 5.78 Å². The van der Waals surface area contributed by atoms with Crippen LogP contribution in [0, 0.1) is 17.5 Å². The van der Waals surface area contributed by atoms with Gasteiger partial charge in [-0.25, -0.2) is 13.2 Å². The molecule has 1 aromatic carbocycles. The molecule has 0 aliphatic rings. The number of halogens is 3. The van der Waals surface area contributed by atoms with Crippen molar-refractivity contribution in [2.75, 3.05) is 0 Å². The minimum Gasteiger partial charge on any atom is -0.321 e. The van der Waals surface area contributed by atoms with E-state index < -0.39 is 34.8 Å². The van der Waals surface area contributed by atoms with Gasteiger partial charge in [-0.15, -0.1) is 0 Å². The fraction of sp³-hybridized carbons (Fsp3) is 0.222. The van der Waals surface area contributed by atoms with Crippen molar-refractivity contribution < 1.29 is 18.0 Å². The first-order chi connectivity index (χ1) is 6.45. The van der Waals surface area contributed by atoms with E-state index in [-0.39, 0.29) is 0 Å². The van der Waals surface area contributed by atoms with E-state index in [9.17, 15) is 18.0 Å². The molecule has 0 radical (unpaired) electrons. The lowest BCUT2D eigenvalue weighted by Gasteiger charge is -2.06. The molecule has 0 aliphatic heterocycles. The summed E-state index contributed by atoms with van der Waals surface area (Å²) in [5, 5.41) is 0. The molecular weight excluding hydrogens is 195 g/mol. The molecule has 0 saturated heterocycles. The maximum atomic E-state index is 13.0. The molecule has 1 unspecified atom stereocenters. The summed E-state index contributed by atoms with van der Waals surface area (Å²) in [5.74, 6) is -5.24. The van der Waals surface area contributed by atoms with Crippen molar-refractivity contribution in [2.24, 2.45) is 5.73 Å². The van der Waals surface area contributed by atoms with Crippen LogP contribution in [-0.4, -0.2) is 11.8 Å². The Bertz CT molecular complexity index is 377. The van der Waals surface area contributed by atoms with Gasteiger partial charge in [-0.1, -0.05) is 0 Å². The normalized spacial score (nSPS) is 12.6. The SMILES string of the molecule is CC(N)C(=O)c1ccc(F)c(F)c1F. The van der Waals surface area contributed by atoms with Gasteiger partial charge in [0.1, 0.15) is 0 Å². The van der Waals surface area contributed by atoms with E-state index in [1.54, 1.807) is 0 Å². The first kappa shape index (κ1) is 10.7. The lowest BCUT2D eigenvalue weighted by molar-refractivity contribution is 0.0962. The molecule has 1 rings (SSSR count). The lowest BCUT2D eigenvalue weighted by Crippen LogP contribution is -2.27. The van der Waals surface area contributed by atoms with Gasteiger partial charge in [-0.05, 0) is 19.1 Å². The van der Waals surface area contributed by atoms with E-state index in [0.29, 0.717) is 6.07 Å². The highest BCUT2D eigenvalue weighted by Crippen LogP contribution is 2.16. The Morgan fingerprint density at radius 1 is 1.29 bits per heavy atom. The molecule has 2 N–H and O–H groups in total. The van der Waals surface area contributed by atoms with Gasteiger partial charge in [-0.2, -0.15) is 0 Å². The minimum absolute atomic E-state index is 0.529. The second-order valence-corrected chi connectivity index (χ2v) is 2.88. The molecule has 0 fully saturated rings. The number of ketones is 1. The summed E-state index contributed by atoms with van der Waals surface area (Å²) in [6, 6.07) is 0.613. The molecule has 0 aromatic heterocycles. The van der Waals surface area contributed by atoms with E-state index in [1.807, 2.05) is 0 Å². The minimum atomic E-state index is -1.66. The number of hydrogen-bond acceptors (Lipinski definition) is 2. The average molecular weight is 203 g/mol. The largest absolute Gasteiger partial charge is 0.321 e. The molecule has 1 atom stereocenters. The van der Waals surface area contributed by atoms with Gasteiger partial charge in [-0.3, -0.25) is 4.79 Å². The molecule has 2 nitrogen and oxygen atoms in total. The molecule has 5 heteroatoms. The van der Waals surface area contributed by atoms with Crippen LogP contribution in [0.5, 0.6) is 0 Å². The first-order valence-electron chi connectivity index (χ1n) is 3.88. The Labute approximate surface area is 78.5 Å². The zero-order chi connectivity index (χ0) is 10.9. The third kappa shape index (κ3) is 1.77. The summed E-state index contributed by atoms with van der Waals surface area (Å²) in [5.41, 5.74) is 4.66. The van der Waals surface area contributed by atoms with Crippen LogP contribution in [0.2, 0.25) is 0 Å². The maximum Gasteiger partial charge on any atom is 0.195 e. The summed E-state index contributed by atoms with van der Waals surface area (Å²) >= 11 is 0. The third-order valence-corrected chi connectivity index (χ3v) is 1.71. The van der Waals surface area contributed by atoms with Crippen molar-refractivity contribution in [1.82, 2.24) is 0 Å². The highest BCUT2D eigenvalue weighted by Gasteiger charge is 2.20. The summed E-state index contributed by atoms with van der Waals surface area (Å²) < 4.78 is 38.1. The quantitative estimate of drug-likeness (QED) is 0.586. The van der Waals surface area contributed by atoms with Crippen LogP contribution in [0.25, 0.3) is 0 Å². The van der Waals surface area contributed by atoms with Crippen molar-refractivity contribution in [1.29, 1.82) is 0 Å². The zero-order valence-electron chi connectivity index (χ0n) is 7.35. The molecule has 0 saturated carbocycles. The molecule has 0 spiro atoms. The number of rotatable bonds is 2. The van der Waals surface area contributed by atoms with Gasteiger partial charge in [0, 0.05) is 0 Å². The van der Waals surface area contributed by atoms with Crippen molar-refractivity contribution in [2.45, 2.75) is 13.0 Å². The number of hydrogen-bond donors (Lipinski definition) is 1. The van der Waals surface area contributed by atoms with Gasteiger partial charge >= 0.3 is 0 Å². The van der Waals surface area contributed by atoms with Gasteiger partial charge < -0.3 is 5.73 Å². The highest BCUT2D eigenvalue weighted by atomic mass is 19.2. The highest BCUT2D eigenvalue weighted by molar-refractivity contribution is 5.99. The molecular formula is C9H8F3NO. The maximum absolute atomic E-state index is 13.0. The molecule has 0 heterocycles. The molecule has 0 bridgehead atoms. The lowest BCUT2D eigenvalue weighted by atomic mass is 10.1. The topological polar surface area (TPSA) is 43.1 Å². The molecule has 1 aromatic rings. The predicted octanol–water partition coefficient (Wildman–Crippen LogP) is 1.63. The third-order valence-electron chi connectivity index (χ3n) is 1.71. The fourth-order valence-corrected chi connectivity index (χ4v) is 0.961. The van der Waals surface area contributed by atoms with Crippen LogP contribution in [0.15, 0.2) is 12.1 Å². The number of nitrogens with two attached hydrogens (primary N) is 1. The van der Waals surface area contributed by atoms with Gasteiger partial charge in [0.25, 0.3) is 0 Å². The molecule has 76 valence electrons. The van der Waals surface area contributed by atoms with Gasteiger partial charge in [0.05, 0.1) is 11.6 Å². The predicted molar refractivity (Wildman–Crippen MR) is 44.3 cm³/mol. The van der Waals surface area contributed by atoms with Crippen LogP contribution < -0.4 is 5.73 Å². The second kappa shape index (κ2) is 3.79. The van der Waals surface area contributed by atoms with Crippen molar-refractivity contribution in [3.05, 3.63) is 35.1 Å². The van der Waals surface area contributed by atoms with E-state index in [1.165, 1.54) is 6.92 Å². The van der Waals surface area contributed by atoms with Crippen LogP contribution in [0.3, 0.4) is 0 Å². The monoisotopic (exact) mass is 203 g/mol. The number of carbonyl (C=O) groups excluding carboxylic acids is 1. The standard InChI is InChI=1S/C9H8F3NO/c1-4(13)9(14)5-2-3-6(10)8(12)7(5)11/h2-4H,13H2,1H3. The fourth-order valence-electron chi connectivity index (χ4n) is 0.961. The van der Waals surface area contributed by atoms with Crippen molar-refractivity contribution in [3.8, 4) is 0 Å². The zero-order valence-corrected chi connectivity index (χ0v) is 7.35. The summed E-state index contributed by atoms with van der Waals surface area (Å²) in [4.78, 5) is 11.2. The van der Waals surface area contributed by atoms with E-state index in [0.717, 1.165) is 6.07 Å². The summed E-state index contributed by atoms with van der Waals surface area (Å²) in [6.07, 6.45) is 0. The second-order valence-electron chi connectivity index (χ2n) is 2.88. The molecule has 14 heavy (non-hydrogen) atoms. The Balaban J connectivity index is 3.24. The van der Waals surface area contributed by atoms with E-state index in [4.69, 9.17) is 5.73 Å². The molecule has 0 aliphatic carbocycles. The van der Waals surface area contributed by atoms with E-state index >= 15 is 0 Å². The Morgan fingerprint density at radius 2 is 1.86 bits per heavy atom. The average Bonchev–Trinajstić information content (AvgIpc) is 2.13. The Hall–Kier alpha value is -1.36. The Morgan fingerprint density at radius 3 is 2.36 bits per heavy atom. The summed E-state index contributed by atoms with van der Waals surface area (Å²) in [7, 11) is 0. The smallest absolute Gasteiger partial charge is 0.195 e. The Kier molecular flexibility index (Phi) is 2.90. The molecule has 0 amide bonds. The van der Waals surface area contributed by atoms with Crippen LogP contribution >= 0.6 is 0 Å².